The molecule has 0 atom stereocenters. The lowest BCUT2D eigenvalue weighted by Crippen LogP contribution is -2.25. The van der Waals surface area contributed by atoms with E-state index in [1.165, 1.54) is 30.6 Å². The molecule has 3 aromatic rings. The van der Waals surface area contributed by atoms with Gasteiger partial charge in [-0.05, 0) is 42.3 Å². The number of nitrogens with zero attached hydrogens (tertiary/aromatic N) is 1. The molecular weight excluding hydrogens is 355 g/mol. The average Bonchev–Trinajstić information content (AvgIpc) is 2.66. The number of pyridine rings is 1. The van der Waals surface area contributed by atoms with Crippen LogP contribution in [0, 0.1) is 17.5 Å². The molecule has 0 bridgehead atoms. The zero-order valence-corrected chi connectivity index (χ0v) is 14.2. The number of aromatic nitrogens is 1. The lowest BCUT2D eigenvalue weighted by Gasteiger charge is -2.09. The van der Waals surface area contributed by atoms with Gasteiger partial charge in [0.2, 0.25) is 0 Å². The second kappa shape index (κ2) is 8.35. The molecule has 0 aliphatic heterocycles. The zero-order valence-electron chi connectivity index (χ0n) is 14.2. The fourth-order valence-electron chi connectivity index (χ4n) is 2.45. The maximum Gasteiger partial charge on any atom is 0.252 e. The highest BCUT2D eigenvalue weighted by Gasteiger charge is 2.08. The van der Waals surface area contributed by atoms with Crippen molar-refractivity contribution in [1.82, 2.24) is 10.3 Å². The maximum absolute atomic E-state index is 13.3. The lowest BCUT2D eigenvalue weighted by atomic mass is 10.1. The van der Waals surface area contributed by atoms with Gasteiger partial charge in [0, 0.05) is 24.5 Å². The van der Waals surface area contributed by atoms with Crippen LogP contribution >= 0.6 is 0 Å². The molecule has 7 heteroatoms. The van der Waals surface area contributed by atoms with E-state index < -0.39 is 11.6 Å². The molecule has 3 rings (SSSR count). The van der Waals surface area contributed by atoms with Crippen molar-refractivity contribution in [3.63, 3.8) is 0 Å². The normalized spacial score (nSPS) is 10.5. The number of rotatable bonds is 6. The standard InChI is InChI=1S/C20H16F3N3O/c21-15-3-1-13(2-4-15)7-8-25-20(27)14-9-17(12-24-11-14)26-16-5-6-18(22)19(23)10-16/h1-6,9-12,26H,7-8H2,(H,25,27). The minimum atomic E-state index is -0.970. The summed E-state index contributed by atoms with van der Waals surface area (Å²) in [6, 6.07) is 11.0. The summed E-state index contributed by atoms with van der Waals surface area (Å²) in [6.45, 7) is 0.380. The van der Waals surface area contributed by atoms with Crippen LogP contribution in [0.25, 0.3) is 0 Å². The second-order valence-electron chi connectivity index (χ2n) is 5.85. The van der Waals surface area contributed by atoms with Gasteiger partial charge in [0.05, 0.1) is 17.4 Å². The SMILES string of the molecule is O=C(NCCc1ccc(F)cc1)c1cncc(Nc2ccc(F)c(F)c2)c1. The highest BCUT2D eigenvalue weighted by atomic mass is 19.2. The smallest absolute Gasteiger partial charge is 0.252 e. The topological polar surface area (TPSA) is 54.0 Å². The van der Waals surface area contributed by atoms with Gasteiger partial charge < -0.3 is 10.6 Å². The van der Waals surface area contributed by atoms with Crippen molar-refractivity contribution < 1.29 is 18.0 Å². The Kier molecular flexibility index (Phi) is 5.71. The van der Waals surface area contributed by atoms with E-state index in [0.717, 1.165) is 17.7 Å². The quantitative estimate of drug-likeness (QED) is 0.682. The molecule has 138 valence electrons. The Hall–Kier alpha value is -3.35. The van der Waals surface area contributed by atoms with Crippen LogP contribution in [0.1, 0.15) is 15.9 Å². The summed E-state index contributed by atoms with van der Waals surface area (Å²) in [5.74, 6) is -2.53. The first kappa shape index (κ1) is 18.4. The molecular formula is C20H16F3N3O. The average molecular weight is 371 g/mol. The first-order valence-electron chi connectivity index (χ1n) is 8.21. The lowest BCUT2D eigenvalue weighted by molar-refractivity contribution is 0.0954. The van der Waals surface area contributed by atoms with Crippen molar-refractivity contribution in [2.45, 2.75) is 6.42 Å². The Morgan fingerprint density at radius 1 is 0.889 bits per heavy atom. The molecule has 0 aliphatic rings. The largest absolute Gasteiger partial charge is 0.354 e. The van der Waals surface area contributed by atoms with E-state index in [9.17, 15) is 18.0 Å². The molecule has 1 aromatic heterocycles. The van der Waals surface area contributed by atoms with E-state index in [1.54, 1.807) is 18.2 Å². The summed E-state index contributed by atoms with van der Waals surface area (Å²) in [6.07, 6.45) is 3.44. The zero-order chi connectivity index (χ0) is 19.2. The predicted octanol–water partition coefficient (Wildman–Crippen LogP) is 4.22. The fraction of sp³-hybridized carbons (Fsp3) is 0.100. The van der Waals surface area contributed by atoms with E-state index >= 15 is 0 Å². The maximum atomic E-state index is 13.3. The van der Waals surface area contributed by atoms with Gasteiger partial charge in [0.25, 0.3) is 5.91 Å². The Balaban J connectivity index is 1.59. The van der Waals surface area contributed by atoms with Gasteiger partial charge in [0.1, 0.15) is 5.82 Å². The number of hydrogen-bond acceptors (Lipinski definition) is 3. The third-order valence-electron chi connectivity index (χ3n) is 3.82. The summed E-state index contributed by atoms with van der Waals surface area (Å²) in [5, 5.41) is 5.63. The van der Waals surface area contributed by atoms with E-state index in [2.05, 4.69) is 15.6 Å². The number of anilines is 2. The van der Waals surface area contributed by atoms with Gasteiger partial charge in [0.15, 0.2) is 11.6 Å². The molecule has 1 amide bonds. The monoisotopic (exact) mass is 371 g/mol. The minimum absolute atomic E-state index is 0.306. The van der Waals surface area contributed by atoms with Crippen molar-refractivity contribution in [3.05, 3.63) is 89.5 Å². The van der Waals surface area contributed by atoms with Crippen LogP contribution < -0.4 is 10.6 Å². The van der Waals surface area contributed by atoms with Crippen LogP contribution in [0.3, 0.4) is 0 Å². The number of carbonyl (C=O) groups excluding carboxylic acids is 1. The van der Waals surface area contributed by atoms with Gasteiger partial charge in [-0.1, -0.05) is 12.1 Å². The predicted molar refractivity (Wildman–Crippen MR) is 96.3 cm³/mol. The highest BCUT2D eigenvalue weighted by Crippen LogP contribution is 2.19. The van der Waals surface area contributed by atoms with E-state index in [-0.39, 0.29) is 11.7 Å². The number of carbonyl (C=O) groups is 1. The molecule has 0 spiro atoms. The number of hydrogen-bond donors (Lipinski definition) is 2. The molecule has 0 saturated carbocycles. The van der Waals surface area contributed by atoms with Gasteiger partial charge in [-0.3, -0.25) is 9.78 Å². The molecule has 4 nitrogen and oxygen atoms in total. The molecule has 2 aromatic carbocycles. The first-order chi connectivity index (χ1) is 13.0. The van der Waals surface area contributed by atoms with Crippen molar-refractivity contribution in [2.75, 3.05) is 11.9 Å². The molecule has 2 N–H and O–H groups in total. The minimum Gasteiger partial charge on any atom is -0.354 e. The van der Waals surface area contributed by atoms with Crippen LogP contribution in [0.5, 0.6) is 0 Å². The van der Waals surface area contributed by atoms with Gasteiger partial charge in [-0.25, -0.2) is 13.2 Å². The Morgan fingerprint density at radius 2 is 1.67 bits per heavy atom. The summed E-state index contributed by atoms with van der Waals surface area (Å²) in [4.78, 5) is 16.2. The van der Waals surface area contributed by atoms with Crippen molar-refractivity contribution in [1.29, 1.82) is 0 Å². The fourth-order valence-corrected chi connectivity index (χ4v) is 2.45. The number of nitrogens with one attached hydrogen (secondary N) is 2. The Bertz CT molecular complexity index is 945. The molecule has 0 unspecified atom stereocenters. The van der Waals surface area contributed by atoms with Crippen molar-refractivity contribution >= 4 is 17.3 Å². The van der Waals surface area contributed by atoms with E-state index in [0.29, 0.717) is 29.9 Å². The van der Waals surface area contributed by atoms with Crippen LogP contribution in [0.4, 0.5) is 24.5 Å². The number of benzene rings is 2. The molecule has 0 radical (unpaired) electrons. The van der Waals surface area contributed by atoms with Gasteiger partial charge >= 0.3 is 0 Å². The van der Waals surface area contributed by atoms with Crippen LogP contribution in [0.2, 0.25) is 0 Å². The number of halogens is 3. The summed E-state index contributed by atoms with van der Waals surface area (Å²) >= 11 is 0. The van der Waals surface area contributed by atoms with Crippen molar-refractivity contribution in [2.24, 2.45) is 0 Å². The molecule has 0 fully saturated rings. The van der Waals surface area contributed by atoms with E-state index in [4.69, 9.17) is 0 Å². The van der Waals surface area contributed by atoms with Crippen molar-refractivity contribution in [3.8, 4) is 0 Å². The third-order valence-corrected chi connectivity index (χ3v) is 3.82. The Labute approximate surface area is 154 Å². The van der Waals surface area contributed by atoms with Gasteiger partial charge in [-0.2, -0.15) is 0 Å². The highest BCUT2D eigenvalue weighted by molar-refractivity contribution is 5.94. The number of amides is 1. The van der Waals surface area contributed by atoms with Crippen LogP contribution in [-0.4, -0.2) is 17.4 Å². The first-order valence-corrected chi connectivity index (χ1v) is 8.21. The summed E-state index contributed by atoms with van der Waals surface area (Å²) in [7, 11) is 0. The van der Waals surface area contributed by atoms with E-state index in [1.807, 2.05) is 0 Å². The molecule has 0 saturated heterocycles. The summed E-state index contributed by atoms with van der Waals surface area (Å²) < 4.78 is 39.1. The molecule has 27 heavy (non-hydrogen) atoms. The molecule has 0 aliphatic carbocycles. The molecule has 1 heterocycles. The van der Waals surface area contributed by atoms with Crippen LogP contribution in [0.15, 0.2) is 60.9 Å². The second-order valence-corrected chi connectivity index (χ2v) is 5.85. The summed E-state index contributed by atoms with van der Waals surface area (Å²) in [5.41, 5.74) is 2.03. The Morgan fingerprint density at radius 3 is 2.41 bits per heavy atom. The third kappa shape index (κ3) is 5.07. The van der Waals surface area contributed by atoms with Crippen LogP contribution in [-0.2, 0) is 6.42 Å². The van der Waals surface area contributed by atoms with Gasteiger partial charge in [-0.15, -0.1) is 0 Å².